The fourth-order valence-electron chi connectivity index (χ4n) is 2.77. The number of benzene rings is 1. The number of likely N-dealkylation sites (N-methyl/N-ethyl adjacent to an activating group) is 1. The van der Waals surface area contributed by atoms with Crippen molar-refractivity contribution in [2.45, 2.75) is 32.7 Å². The van der Waals surface area contributed by atoms with Crippen LogP contribution in [0.5, 0.6) is 0 Å². The molecular formula is C15H24N2O. The fraction of sp³-hybridized carbons (Fsp3) is 0.600. The van der Waals surface area contributed by atoms with Crippen molar-refractivity contribution in [2.75, 3.05) is 31.6 Å². The van der Waals surface area contributed by atoms with Gasteiger partial charge in [0.15, 0.2) is 0 Å². The Balaban J connectivity index is 2.00. The highest BCUT2D eigenvalue weighted by Gasteiger charge is 2.14. The van der Waals surface area contributed by atoms with E-state index in [1.807, 2.05) is 0 Å². The van der Waals surface area contributed by atoms with Crippen LogP contribution in [0.25, 0.3) is 0 Å². The topological polar surface area (TPSA) is 35.5 Å². The zero-order valence-corrected chi connectivity index (χ0v) is 11.4. The van der Waals surface area contributed by atoms with Crippen molar-refractivity contribution in [1.82, 2.24) is 4.90 Å². The van der Waals surface area contributed by atoms with Crippen LogP contribution in [0.1, 0.15) is 25.0 Å². The van der Waals surface area contributed by atoms with E-state index >= 15 is 0 Å². The van der Waals surface area contributed by atoms with Crippen LogP contribution in [-0.2, 0) is 12.8 Å². The van der Waals surface area contributed by atoms with Gasteiger partial charge in [-0.15, -0.1) is 0 Å². The van der Waals surface area contributed by atoms with Crippen LogP contribution in [0.3, 0.4) is 0 Å². The molecule has 1 unspecified atom stereocenters. The molecule has 18 heavy (non-hydrogen) atoms. The Morgan fingerprint density at radius 2 is 2.28 bits per heavy atom. The number of aliphatic hydroxyl groups excluding tert-OH is 1. The molecule has 3 nitrogen and oxygen atoms in total. The summed E-state index contributed by atoms with van der Waals surface area (Å²) < 4.78 is 0. The molecule has 1 aromatic rings. The number of nitrogens with one attached hydrogen (secondary N) is 1. The van der Waals surface area contributed by atoms with Gasteiger partial charge >= 0.3 is 0 Å². The molecule has 0 spiro atoms. The van der Waals surface area contributed by atoms with E-state index in [2.05, 4.69) is 42.3 Å². The molecule has 0 aromatic heterocycles. The molecule has 0 aliphatic carbocycles. The second-order valence-electron chi connectivity index (χ2n) is 5.07. The Hall–Kier alpha value is -1.06. The lowest BCUT2D eigenvalue weighted by Crippen LogP contribution is -2.36. The highest BCUT2D eigenvalue weighted by atomic mass is 16.3. The molecule has 0 radical (unpaired) electrons. The highest BCUT2D eigenvalue weighted by molar-refractivity contribution is 5.56. The quantitative estimate of drug-likeness (QED) is 0.807. The first kappa shape index (κ1) is 13.4. The second kappa shape index (κ2) is 6.21. The SMILES string of the molecule is CCN(CCO)C(C)Cc1ccc2c(c1)CCN2. The molecule has 0 saturated heterocycles. The maximum Gasteiger partial charge on any atom is 0.0558 e. The van der Waals surface area contributed by atoms with Gasteiger partial charge < -0.3 is 10.4 Å². The zero-order chi connectivity index (χ0) is 13.0. The summed E-state index contributed by atoms with van der Waals surface area (Å²) in [6.45, 7) is 7.47. The van der Waals surface area contributed by atoms with E-state index in [1.54, 1.807) is 0 Å². The minimum Gasteiger partial charge on any atom is -0.395 e. The molecule has 0 bridgehead atoms. The zero-order valence-electron chi connectivity index (χ0n) is 11.4. The summed E-state index contributed by atoms with van der Waals surface area (Å²) in [5.41, 5.74) is 4.15. The molecule has 3 heteroatoms. The average Bonchev–Trinajstić information content (AvgIpc) is 2.83. The minimum atomic E-state index is 0.242. The third kappa shape index (κ3) is 3.03. The van der Waals surface area contributed by atoms with Crippen LogP contribution < -0.4 is 5.32 Å². The van der Waals surface area contributed by atoms with Gasteiger partial charge in [-0.25, -0.2) is 0 Å². The summed E-state index contributed by atoms with van der Waals surface area (Å²) in [6, 6.07) is 7.24. The average molecular weight is 248 g/mol. The third-order valence-electron chi connectivity index (χ3n) is 3.83. The summed E-state index contributed by atoms with van der Waals surface area (Å²) >= 11 is 0. The Labute approximate surface area is 110 Å². The van der Waals surface area contributed by atoms with E-state index in [0.29, 0.717) is 6.04 Å². The third-order valence-corrected chi connectivity index (χ3v) is 3.83. The number of hydrogen-bond donors (Lipinski definition) is 2. The molecule has 2 N–H and O–H groups in total. The van der Waals surface area contributed by atoms with Gasteiger partial charge in [0.25, 0.3) is 0 Å². The summed E-state index contributed by atoms with van der Waals surface area (Å²) in [7, 11) is 0. The van der Waals surface area contributed by atoms with Crippen molar-refractivity contribution in [3.63, 3.8) is 0 Å². The molecule has 1 aliphatic heterocycles. The molecule has 100 valence electrons. The smallest absolute Gasteiger partial charge is 0.0558 e. The monoisotopic (exact) mass is 248 g/mol. The summed E-state index contributed by atoms with van der Waals surface area (Å²) in [4.78, 5) is 2.32. The van der Waals surface area contributed by atoms with E-state index in [1.165, 1.54) is 16.8 Å². The van der Waals surface area contributed by atoms with Gasteiger partial charge in [-0.1, -0.05) is 19.1 Å². The first-order valence-electron chi connectivity index (χ1n) is 6.95. The predicted octanol–water partition coefficient (Wildman–Crippen LogP) is 1.90. The van der Waals surface area contributed by atoms with Crippen molar-refractivity contribution in [2.24, 2.45) is 0 Å². The number of nitrogens with zero attached hydrogens (tertiary/aromatic N) is 1. The van der Waals surface area contributed by atoms with E-state index in [9.17, 15) is 0 Å². The molecule has 0 saturated carbocycles. The number of anilines is 1. The molecular weight excluding hydrogens is 224 g/mol. The van der Waals surface area contributed by atoms with E-state index in [-0.39, 0.29) is 6.61 Å². The van der Waals surface area contributed by atoms with Gasteiger partial charge in [0.1, 0.15) is 0 Å². The number of fused-ring (bicyclic) bond motifs is 1. The fourth-order valence-corrected chi connectivity index (χ4v) is 2.77. The minimum absolute atomic E-state index is 0.242. The van der Waals surface area contributed by atoms with Crippen LogP contribution in [-0.4, -0.2) is 42.3 Å². The first-order valence-corrected chi connectivity index (χ1v) is 6.95. The van der Waals surface area contributed by atoms with Gasteiger partial charge in [-0.05, 0) is 43.5 Å². The Morgan fingerprint density at radius 1 is 1.44 bits per heavy atom. The van der Waals surface area contributed by atoms with E-state index < -0.39 is 0 Å². The van der Waals surface area contributed by atoms with Crippen molar-refractivity contribution >= 4 is 5.69 Å². The maximum absolute atomic E-state index is 9.06. The van der Waals surface area contributed by atoms with Crippen molar-refractivity contribution < 1.29 is 5.11 Å². The molecule has 1 aromatic carbocycles. The summed E-state index contributed by atoms with van der Waals surface area (Å²) in [5.74, 6) is 0. The Morgan fingerprint density at radius 3 is 3.00 bits per heavy atom. The number of rotatable bonds is 6. The van der Waals surface area contributed by atoms with E-state index in [4.69, 9.17) is 5.11 Å². The normalized spacial score (nSPS) is 15.6. The lowest BCUT2D eigenvalue weighted by molar-refractivity contribution is 0.164. The van der Waals surface area contributed by atoms with Crippen LogP contribution in [0.15, 0.2) is 18.2 Å². The number of hydrogen-bond acceptors (Lipinski definition) is 3. The molecule has 0 amide bonds. The molecule has 1 atom stereocenters. The van der Waals surface area contributed by atoms with Gasteiger partial charge in [0.2, 0.25) is 0 Å². The van der Waals surface area contributed by atoms with Gasteiger partial charge in [0, 0.05) is 24.8 Å². The van der Waals surface area contributed by atoms with Crippen LogP contribution in [0.2, 0.25) is 0 Å². The van der Waals surface area contributed by atoms with Crippen LogP contribution in [0, 0.1) is 0 Å². The highest BCUT2D eigenvalue weighted by Crippen LogP contribution is 2.23. The standard InChI is InChI=1S/C15H24N2O/c1-3-17(8-9-18)12(2)10-13-4-5-15-14(11-13)6-7-16-15/h4-5,11-12,16,18H,3,6-10H2,1-2H3. The van der Waals surface area contributed by atoms with Crippen LogP contribution >= 0.6 is 0 Å². The van der Waals surface area contributed by atoms with Gasteiger partial charge in [-0.2, -0.15) is 0 Å². The Kier molecular flexibility index (Phi) is 4.61. The molecule has 2 rings (SSSR count). The van der Waals surface area contributed by atoms with Crippen molar-refractivity contribution in [3.8, 4) is 0 Å². The molecule has 0 fully saturated rings. The lowest BCUT2D eigenvalue weighted by atomic mass is 10.0. The van der Waals surface area contributed by atoms with Crippen molar-refractivity contribution in [1.29, 1.82) is 0 Å². The van der Waals surface area contributed by atoms with E-state index in [0.717, 1.165) is 32.5 Å². The molecule has 1 heterocycles. The Bertz CT molecular complexity index is 392. The van der Waals surface area contributed by atoms with Crippen molar-refractivity contribution in [3.05, 3.63) is 29.3 Å². The summed E-state index contributed by atoms with van der Waals surface area (Å²) in [5, 5.41) is 12.5. The summed E-state index contributed by atoms with van der Waals surface area (Å²) in [6.07, 6.45) is 2.20. The van der Waals surface area contributed by atoms with Gasteiger partial charge in [-0.3, -0.25) is 4.90 Å². The van der Waals surface area contributed by atoms with Crippen LogP contribution in [0.4, 0.5) is 5.69 Å². The second-order valence-corrected chi connectivity index (χ2v) is 5.07. The predicted molar refractivity (Wildman–Crippen MR) is 76.1 cm³/mol. The molecule has 1 aliphatic rings. The largest absolute Gasteiger partial charge is 0.395 e. The van der Waals surface area contributed by atoms with Gasteiger partial charge in [0.05, 0.1) is 6.61 Å². The number of aliphatic hydroxyl groups is 1. The lowest BCUT2D eigenvalue weighted by Gasteiger charge is -2.27. The maximum atomic E-state index is 9.06. The first-order chi connectivity index (χ1) is 8.74.